The van der Waals surface area contributed by atoms with E-state index in [1.807, 2.05) is 0 Å². The molecular weight excluding hydrogens is 156 g/mol. The van der Waals surface area contributed by atoms with Crippen molar-refractivity contribution in [3.05, 3.63) is 12.2 Å². The summed E-state index contributed by atoms with van der Waals surface area (Å²) in [7, 11) is 0. The summed E-state index contributed by atoms with van der Waals surface area (Å²) >= 11 is 0. The lowest BCUT2D eigenvalue weighted by Gasteiger charge is -2.14. The number of fused-ring (bicyclic) bond motifs is 2. The molecule has 2 aliphatic carbocycles. The molecule has 2 rings (SSSR count). The maximum absolute atomic E-state index is 2.43. The Balaban J connectivity index is -0.000000250. The topological polar surface area (TPSA) is 0 Å². The molecular formula is C13H30. The summed E-state index contributed by atoms with van der Waals surface area (Å²) in [6.07, 6.45) is 9.20. The van der Waals surface area contributed by atoms with Gasteiger partial charge in [0.1, 0.15) is 0 Å². The van der Waals surface area contributed by atoms with Crippen molar-refractivity contribution in [2.24, 2.45) is 17.8 Å². The van der Waals surface area contributed by atoms with Gasteiger partial charge in [-0.05, 0) is 30.6 Å². The SMILES string of the molecule is C.C.C.C.CCC1CC2C=CC1C2. The lowest BCUT2D eigenvalue weighted by molar-refractivity contribution is 0.434. The number of rotatable bonds is 1. The molecule has 3 unspecified atom stereocenters. The maximum Gasteiger partial charge on any atom is -0.0199 e. The minimum absolute atomic E-state index is 0. The molecule has 0 N–H and O–H groups in total. The quantitative estimate of drug-likeness (QED) is 0.497. The number of hydrogen-bond acceptors (Lipinski definition) is 0. The van der Waals surface area contributed by atoms with Crippen molar-refractivity contribution in [3.63, 3.8) is 0 Å². The second kappa shape index (κ2) is 7.17. The van der Waals surface area contributed by atoms with Crippen LogP contribution in [-0.2, 0) is 0 Å². The lowest BCUT2D eigenvalue weighted by atomic mass is 9.91. The van der Waals surface area contributed by atoms with Gasteiger partial charge in [0.2, 0.25) is 0 Å². The summed E-state index contributed by atoms with van der Waals surface area (Å²) in [5.74, 6) is 2.99. The molecule has 0 radical (unpaired) electrons. The zero-order chi connectivity index (χ0) is 6.27. The molecule has 2 bridgehead atoms. The van der Waals surface area contributed by atoms with Gasteiger partial charge in [-0.2, -0.15) is 0 Å². The third kappa shape index (κ3) is 3.17. The molecule has 0 aliphatic heterocycles. The van der Waals surface area contributed by atoms with Crippen LogP contribution in [0.1, 0.15) is 55.9 Å². The predicted octanol–water partition coefficient (Wildman–Crippen LogP) is 5.15. The van der Waals surface area contributed by atoms with Crippen molar-refractivity contribution in [2.45, 2.75) is 55.9 Å². The van der Waals surface area contributed by atoms with Crippen LogP contribution in [0, 0.1) is 17.8 Å². The fourth-order valence-electron chi connectivity index (χ4n) is 2.36. The standard InChI is InChI=1S/C9H14.4CH4/c1-2-8-5-7-3-4-9(8)6-7;;;;/h3-4,7-9H,2,5-6H2,1H3;4*1H4. The highest BCUT2D eigenvalue weighted by Gasteiger charge is 2.33. The summed E-state index contributed by atoms with van der Waals surface area (Å²) in [6, 6.07) is 0. The molecule has 0 spiro atoms. The molecule has 0 aromatic rings. The molecule has 1 saturated carbocycles. The highest BCUT2D eigenvalue weighted by molar-refractivity contribution is 5.09. The van der Waals surface area contributed by atoms with E-state index in [1.165, 1.54) is 19.3 Å². The van der Waals surface area contributed by atoms with E-state index in [2.05, 4.69) is 19.1 Å². The smallest absolute Gasteiger partial charge is 0.0199 e. The average molecular weight is 186 g/mol. The van der Waals surface area contributed by atoms with Gasteiger partial charge in [0.25, 0.3) is 0 Å². The minimum atomic E-state index is 0. The van der Waals surface area contributed by atoms with Crippen molar-refractivity contribution in [1.82, 2.24) is 0 Å². The van der Waals surface area contributed by atoms with Crippen LogP contribution in [0.4, 0.5) is 0 Å². The molecule has 13 heavy (non-hydrogen) atoms. The van der Waals surface area contributed by atoms with Gasteiger partial charge in [0, 0.05) is 0 Å². The van der Waals surface area contributed by atoms with Crippen molar-refractivity contribution < 1.29 is 0 Å². The van der Waals surface area contributed by atoms with E-state index in [4.69, 9.17) is 0 Å². The molecule has 0 aromatic carbocycles. The fourth-order valence-corrected chi connectivity index (χ4v) is 2.36. The van der Waals surface area contributed by atoms with Gasteiger partial charge in [0.05, 0.1) is 0 Å². The van der Waals surface area contributed by atoms with Crippen LogP contribution in [0.3, 0.4) is 0 Å². The van der Waals surface area contributed by atoms with E-state index >= 15 is 0 Å². The van der Waals surface area contributed by atoms with Gasteiger partial charge >= 0.3 is 0 Å². The van der Waals surface area contributed by atoms with Gasteiger partial charge < -0.3 is 0 Å². The lowest BCUT2D eigenvalue weighted by Crippen LogP contribution is -2.04. The van der Waals surface area contributed by atoms with Crippen molar-refractivity contribution in [3.8, 4) is 0 Å². The maximum atomic E-state index is 2.43. The third-order valence-corrected chi connectivity index (χ3v) is 2.94. The largest absolute Gasteiger partial charge is 0.0851 e. The van der Waals surface area contributed by atoms with Crippen LogP contribution in [0.2, 0.25) is 0 Å². The van der Waals surface area contributed by atoms with Crippen LogP contribution >= 0.6 is 0 Å². The summed E-state index contributed by atoms with van der Waals surface area (Å²) in [6.45, 7) is 2.32. The van der Waals surface area contributed by atoms with E-state index in [-0.39, 0.29) is 29.7 Å². The Hall–Kier alpha value is -0.260. The molecule has 0 heteroatoms. The third-order valence-electron chi connectivity index (χ3n) is 2.94. The van der Waals surface area contributed by atoms with Crippen LogP contribution in [-0.4, -0.2) is 0 Å². The summed E-state index contributed by atoms with van der Waals surface area (Å²) < 4.78 is 0. The highest BCUT2D eigenvalue weighted by atomic mass is 14.4. The van der Waals surface area contributed by atoms with E-state index in [9.17, 15) is 0 Å². The number of allylic oxidation sites excluding steroid dienone is 2. The molecule has 0 heterocycles. The van der Waals surface area contributed by atoms with Gasteiger partial charge in [-0.1, -0.05) is 55.2 Å². The molecule has 0 nitrogen and oxygen atoms in total. The van der Waals surface area contributed by atoms with Crippen LogP contribution in [0.25, 0.3) is 0 Å². The minimum Gasteiger partial charge on any atom is -0.0851 e. The van der Waals surface area contributed by atoms with Crippen LogP contribution < -0.4 is 0 Å². The first kappa shape index (κ1) is 18.5. The second-order valence-electron chi connectivity index (χ2n) is 3.45. The second-order valence-corrected chi connectivity index (χ2v) is 3.45. The Morgan fingerprint density at radius 2 is 1.62 bits per heavy atom. The summed E-state index contributed by atoms with van der Waals surface area (Å²) in [4.78, 5) is 0. The van der Waals surface area contributed by atoms with E-state index in [0.717, 1.165) is 17.8 Å². The Kier molecular flexibility index (Phi) is 10.2. The Labute approximate surface area is 86.4 Å². The van der Waals surface area contributed by atoms with Gasteiger partial charge in [0.15, 0.2) is 0 Å². The fraction of sp³-hybridized carbons (Fsp3) is 0.846. The molecule has 0 aromatic heterocycles. The monoisotopic (exact) mass is 186 g/mol. The van der Waals surface area contributed by atoms with E-state index in [1.54, 1.807) is 0 Å². The zero-order valence-corrected chi connectivity index (χ0v) is 6.01. The normalized spacial score (nSPS) is 32.2. The first-order chi connectivity index (χ1) is 4.40. The highest BCUT2D eigenvalue weighted by Crippen LogP contribution is 2.44. The Morgan fingerprint density at radius 3 is 1.85 bits per heavy atom. The molecule has 0 saturated heterocycles. The molecule has 3 atom stereocenters. The van der Waals surface area contributed by atoms with Gasteiger partial charge in [-0.15, -0.1) is 0 Å². The van der Waals surface area contributed by atoms with Crippen molar-refractivity contribution in [1.29, 1.82) is 0 Å². The molecule has 2 aliphatic rings. The van der Waals surface area contributed by atoms with Crippen molar-refractivity contribution in [2.75, 3.05) is 0 Å². The van der Waals surface area contributed by atoms with Gasteiger partial charge in [-0.3, -0.25) is 0 Å². The number of hydrogen-bond donors (Lipinski definition) is 0. The summed E-state index contributed by atoms with van der Waals surface area (Å²) in [5.41, 5.74) is 0. The predicted molar refractivity (Wildman–Crippen MR) is 66.1 cm³/mol. The van der Waals surface area contributed by atoms with Crippen LogP contribution in [0.5, 0.6) is 0 Å². The van der Waals surface area contributed by atoms with Gasteiger partial charge in [-0.25, -0.2) is 0 Å². The van der Waals surface area contributed by atoms with E-state index < -0.39 is 0 Å². The molecule has 1 fully saturated rings. The van der Waals surface area contributed by atoms with Crippen LogP contribution in [0.15, 0.2) is 12.2 Å². The first-order valence-electron chi connectivity index (χ1n) is 4.08. The molecule has 82 valence electrons. The van der Waals surface area contributed by atoms with E-state index in [0.29, 0.717) is 0 Å². The zero-order valence-electron chi connectivity index (χ0n) is 6.01. The average Bonchev–Trinajstić information content (AvgIpc) is 2.45. The Morgan fingerprint density at radius 1 is 1.00 bits per heavy atom. The first-order valence-corrected chi connectivity index (χ1v) is 4.08. The Bertz CT molecular complexity index is 135. The molecule has 0 amide bonds. The summed E-state index contributed by atoms with van der Waals surface area (Å²) in [5, 5.41) is 0. The van der Waals surface area contributed by atoms with Crippen molar-refractivity contribution >= 4 is 0 Å².